The smallest absolute Gasteiger partial charge is 0.311 e. The Kier molecular flexibility index (Phi) is 3.78. The number of nitrogens with zero attached hydrogens (tertiary/aromatic N) is 1. The van der Waals surface area contributed by atoms with Gasteiger partial charge in [0.1, 0.15) is 0 Å². The van der Waals surface area contributed by atoms with Gasteiger partial charge in [-0.2, -0.15) is 0 Å². The van der Waals surface area contributed by atoms with E-state index in [-0.39, 0.29) is 22.9 Å². The van der Waals surface area contributed by atoms with Gasteiger partial charge in [-0.25, -0.2) is 0 Å². The fourth-order valence-electron chi connectivity index (χ4n) is 5.53. The molecule has 6 nitrogen and oxygen atoms in total. The van der Waals surface area contributed by atoms with Crippen molar-refractivity contribution in [1.29, 1.82) is 0 Å². The summed E-state index contributed by atoms with van der Waals surface area (Å²) >= 11 is 0. The van der Waals surface area contributed by atoms with E-state index in [1.165, 1.54) is 37.5 Å². The van der Waals surface area contributed by atoms with Gasteiger partial charge >= 0.3 is 5.69 Å². The number of aromatic hydroxyl groups is 1. The molecule has 0 spiro atoms. The Labute approximate surface area is 146 Å². The van der Waals surface area contributed by atoms with Crippen molar-refractivity contribution in [2.75, 3.05) is 0 Å². The molecule has 0 saturated heterocycles. The number of hydrogen-bond acceptors (Lipinski definition) is 4. The molecule has 6 heteroatoms. The normalized spacial score (nSPS) is 32.9. The lowest BCUT2D eigenvalue weighted by atomic mass is 9.53. The standard InChI is InChI=1S/C19H22N2O4/c22-17-3-1-12(8-16(17)21(24)25)2-4-18(23)20-19-9-13-5-14(10-19)7-15(6-13)11-19/h1-4,8,13-15,22H,5-7,9-11H2,(H,20,23)/b4-2+. The number of nitro groups is 1. The summed E-state index contributed by atoms with van der Waals surface area (Å²) in [5.41, 5.74) is 0.116. The van der Waals surface area contributed by atoms with Gasteiger partial charge in [-0.3, -0.25) is 14.9 Å². The zero-order valence-corrected chi connectivity index (χ0v) is 14.0. The van der Waals surface area contributed by atoms with Crippen LogP contribution in [0.3, 0.4) is 0 Å². The van der Waals surface area contributed by atoms with Gasteiger partial charge in [0, 0.05) is 17.7 Å². The number of hydrogen-bond donors (Lipinski definition) is 2. The first kappa shape index (κ1) is 16.1. The Bertz CT molecular complexity index is 721. The van der Waals surface area contributed by atoms with Gasteiger partial charge in [-0.15, -0.1) is 0 Å². The summed E-state index contributed by atoms with van der Waals surface area (Å²) in [5.74, 6) is 1.76. The molecule has 4 aliphatic rings. The average Bonchev–Trinajstić information content (AvgIpc) is 2.52. The lowest BCUT2D eigenvalue weighted by Crippen LogP contribution is -2.59. The van der Waals surface area contributed by atoms with E-state index in [9.17, 15) is 20.0 Å². The van der Waals surface area contributed by atoms with E-state index < -0.39 is 4.92 Å². The maximum atomic E-state index is 12.4. The summed E-state index contributed by atoms with van der Waals surface area (Å²) in [5, 5.41) is 23.6. The second-order valence-electron chi connectivity index (χ2n) is 8.03. The fourth-order valence-corrected chi connectivity index (χ4v) is 5.53. The average molecular weight is 342 g/mol. The summed E-state index contributed by atoms with van der Waals surface area (Å²) in [4.78, 5) is 22.6. The second kappa shape index (κ2) is 5.86. The number of carbonyl (C=O) groups is 1. The van der Waals surface area contributed by atoms with Crippen LogP contribution in [0.1, 0.15) is 44.1 Å². The third kappa shape index (κ3) is 3.13. The number of rotatable bonds is 4. The first-order valence-electron chi connectivity index (χ1n) is 8.90. The van der Waals surface area contributed by atoms with E-state index in [0.717, 1.165) is 37.0 Å². The molecule has 2 N–H and O–H groups in total. The molecule has 4 bridgehead atoms. The molecule has 25 heavy (non-hydrogen) atoms. The summed E-state index contributed by atoms with van der Waals surface area (Å²) < 4.78 is 0. The second-order valence-corrected chi connectivity index (χ2v) is 8.03. The van der Waals surface area contributed by atoms with Crippen LogP contribution < -0.4 is 5.32 Å². The van der Waals surface area contributed by atoms with Crippen LogP contribution in [0.15, 0.2) is 24.3 Å². The third-order valence-corrected chi connectivity index (χ3v) is 6.05. The first-order chi connectivity index (χ1) is 11.9. The van der Waals surface area contributed by atoms with Crippen molar-refractivity contribution < 1.29 is 14.8 Å². The van der Waals surface area contributed by atoms with Crippen LogP contribution in [-0.2, 0) is 4.79 Å². The molecule has 0 radical (unpaired) electrons. The number of phenols is 1. The highest BCUT2D eigenvalue weighted by atomic mass is 16.6. The SMILES string of the molecule is O=C(/C=C/c1ccc(O)c([N+](=O)[O-])c1)NC12CC3CC(CC(C3)C1)C2. The van der Waals surface area contributed by atoms with Gasteiger partial charge < -0.3 is 10.4 Å². The Morgan fingerprint density at radius 2 is 1.80 bits per heavy atom. The van der Waals surface area contributed by atoms with E-state index in [4.69, 9.17) is 0 Å². The minimum atomic E-state index is -0.637. The first-order valence-corrected chi connectivity index (χ1v) is 8.90. The number of carbonyl (C=O) groups excluding carboxylic acids is 1. The zero-order valence-electron chi connectivity index (χ0n) is 14.0. The Hall–Kier alpha value is -2.37. The summed E-state index contributed by atoms with van der Waals surface area (Å²) in [6.45, 7) is 0. The molecule has 0 atom stereocenters. The van der Waals surface area contributed by atoms with Crippen molar-refractivity contribution in [3.05, 3.63) is 40.0 Å². The number of amides is 1. The van der Waals surface area contributed by atoms with Crippen LogP contribution in [-0.4, -0.2) is 21.5 Å². The van der Waals surface area contributed by atoms with Crippen LogP contribution in [0.5, 0.6) is 5.75 Å². The number of nitro benzene ring substituents is 1. The van der Waals surface area contributed by atoms with Crippen LogP contribution in [0.2, 0.25) is 0 Å². The fraction of sp³-hybridized carbons (Fsp3) is 0.526. The molecule has 4 aliphatic carbocycles. The number of nitrogens with one attached hydrogen (secondary N) is 1. The molecule has 1 aromatic carbocycles. The highest BCUT2D eigenvalue weighted by Crippen LogP contribution is 2.55. The maximum absolute atomic E-state index is 12.4. The third-order valence-electron chi connectivity index (χ3n) is 6.05. The summed E-state index contributed by atoms with van der Waals surface area (Å²) in [7, 11) is 0. The van der Waals surface area contributed by atoms with E-state index in [1.807, 2.05) is 0 Å². The molecular weight excluding hydrogens is 320 g/mol. The number of phenolic OH excluding ortho intramolecular Hbond substituents is 1. The molecule has 1 amide bonds. The van der Waals surface area contributed by atoms with Crippen molar-refractivity contribution in [3.63, 3.8) is 0 Å². The highest BCUT2D eigenvalue weighted by Gasteiger charge is 2.51. The quantitative estimate of drug-likeness (QED) is 0.498. The maximum Gasteiger partial charge on any atom is 0.311 e. The van der Waals surface area contributed by atoms with Crippen molar-refractivity contribution in [1.82, 2.24) is 5.32 Å². The van der Waals surface area contributed by atoms with Gasteiger partial charge in [0.05, 0.1) is 4.92 Å². The summed E-state index contributed by atoms with van der Waals surface area (Å²) in [6, 6.07) is 4.09. The van der Waals surface area contributed by atoms with E-state index in [2.05, 4.69) is 5.32 Å². The Balaban J connectivity index is 1.45. The highest BCUT2D eigenvalue weighted by molar-refractivity contribution is 5.92. The molecule has 132 valence electrons. The minimum absolute atomic E-state index is 0.0445. The van der Waals surface area contributed by atoms with Crippen molar-refractivity contribution in [2.24, 2.45) is 17.8 Å². The van der Waals surface area contributed by atoms with Gasteiger partial charge in [0.25, 0.3) is 0 Å². The lowest BCUT2D eigenvalue weighted by Gasteiger charge is -2.56. The predicted octanol–water partition coefficient (Wildman–Crippen LogP) is 3.40. The van der Waals surface area contributed by atoms with Crippen molar-refractivity contribution >= 4 is 17.7 Å². The molecule has 0 unspecified atom stereocenters. The van der Waals surface area contributed by atoms with Gasteiger partial charge in [0.2, 0.25) is 5.91 Å². The molecule has 4 saturated carbocycles. The van der Waals surface area contributed by atoms with Crippen molar-refractivity contribution in [2.45, 2.75) is 44.1 Å². The zero-order chi connectivity index (χ0) is 17.6. The molecule has 0 heterocycles. The monoisotopic (exact) mass is 342 g/mol. The molecular formula is C19H22N2O4. The van der Waals surface area contributed by atoms with Gasteiger partial charge in [0.15, 0.2) is 5.75 Å². The van der Waals surface area contributed by atoms with Crippen LogP contribution in [0, 0.1) is 27.9 Å². The molecule has 4 fully saturated rings. The largest absolute Gasteiger partial charge is 0.502 e. The van der Waals surface area contributed by atoms with E-state index >= 15 is 0 Å². The Morgan fingerprint density at radius 3 is 2.36 bits per heavy atom. The van der Waals surface area contributed by atoms with Crippen LogP contribution in [0.4, 0.5) is 5.69 Å². The Morgan fingerprint density at radius 1 is 1.20 bits per heavy atom. The lowest BCUT2D eigenvalue weighted by molar-refractivity contribution is -0.385. The van der Waals surface area contributed by atoms with Gasteiger partial charge in [-0.05, 0) is 74.0 Å². The van der Waals surface area contributed by atoms with Gasteiger partial charge in [-0.1, -0.05) is 6.07 Å². The summed E-state index contributed by atoms with van der Waals surface area (Å²) in [6.07, 6.45) is 10.2. The van der Waals surface area contributed by atoms with E-state index in [1.54, 1.807) is 12.1 Å². The molecule has 0 aliphatic heterocycles. The van der Waals surface area contributed by atoms with Crippen LogP contribution >= 0.6 is 0 Å². The van der Waals surface area contributed by atoms with E-state index in [0.29, 0.717) is 5.56 Å². The molecule has 0 aromatic heterocycles. The molecule has 5 rings (SSSR count). The minimum Gasteiger partial charge on any atom is -0.502 e. The predicted molar refractivity (Wildman–Crippen MR) is 92.8 cm³/mol. The van der Waals surface area contributed by atoms with Crippen LogP contribution in [0.25, 0.3) is 6.08 Å². The number of benzene rings is 1. The molecule has 1 aromatic rings. The van der Waals surface area contributed by atoms with Crippen molar-refractivity contribution in [3.8, 4) is 5.75 Å². The topological polar surface area (TPSA) is 92.5 Å².